The molecular weight excluding hydrogens is 474 g/mol. The highest BCUT2D eigenvalue weighted by molar-refractivity contribution is 7.22. The number of anilines is 1. The second-order valence-electron chi connectivity index (χ2n) is 8.46. The third-order valence-electron chi connectivity index (χ3n) is 6.47. The van der Waals surface area contributed by atoms with Crippen LogP contribution in [0.5, 0.6) is 5.75 Å². The molecule has 0 fully saturated rings. The molecule has 0 radical (unpaired) electrons. The summed E-state index contributed by atoms with van der Waals surface area (Å²) in [6.45, 7) is 6.94. The molecule has 7 nitrogen and oxygen atoms in total. The largest absolute Gasteiger partial charge is 0.497 e. The van der Waals surface area contributed by atoms with Crippen molar-refractivity contribution in [2.24, 2.45) is 0 Å². The topological polar surface area (TPSA) is 75.9 Å². The molecule has 0 saturated carbocycles. The van der Waals surface area contributed by atoms with Crippen molar-refractivity contribution in [2.45, 2.75) is 13.8 Å². The molecule has 0 N–H and O–H groups in total. The minimum absolute atomic E-state index is 0.00441. The van der Waals surface area contributed by atoms with Gasteiger partial charge < -0.3 is 14.1 Å². The molecule has 2 heterocycles. The number of carbonyl (C=O) groups excluding carboxylic acids is 1. The van der Waals surface area contributed by atoms with Gasteiger partial charge in [0.2, 0.25) is 0 Å². The quantitative estimate of drug-likeness (QED) is 0.205. The third-order valence-corrected chi connectivity index (χ3v) is 7.51. The first-order valence-corrected chi connectivity index (χ1v) is 12.8. The van der Waals surface area contributed by atoms with Gasteiger partial charge in [0.1, 0.15) is 16.9 Å². The minimum Gasteiger partial charge on any atom is -0.497 e. The van der Waals surface area contributed by atoms with E-state index in [4.69, 9.17) is 14.1 Å². The molecule has 0 aliphatic carbocycles. The number of carbonyl (C=O) groups is 1. The van der Waals surface area contributed by atoms with Crippen molar-refractivity contribution in [1.29, 1.82) is 0 Å². The molecule has 184 valence electrons. The molecule has 0 spiro atoms. The number of hydrogen-bond donors (Lipinski definition) is 0. The van der Waals surface area contributed by atoms with Crippen LogP contribution in [0.25, 0.3) is 32.0 Å². The Labute approximate surface area is 212 Å². The van der Waals surface area contributed by atoms with Gasteiger partial charge in [0, 0.05) is 18.5 Å². The van der Waals surface area contributed by atoms with E-state index in [-0.39, 0.29) is 5.56 Å². The summed E-state index contributed by atoms with van der Waals surface area (Å²) in [5.41, 5.74) is 0.568. The fourth-order valence-electron chi connectivity index (χ4n) is 4.37. The number of amides is 1. The van der Waals surface area contributed by atoms with E-state index in [1.807, 2.05) is 48.5 Å². The number of benzene rings is 3. The van der Waals surface area contributed by atoms with E-state index in [1.165, 1.54) is 11.3 Å². The predicted molar refractivity (Wildman–Crippen MR) is 146 cm³/mol. The monoisotopic (exact) mass is 501 g/mol. The molecule has 0 unspecified atom stereocenters. The second-order valence-corrected chi connectivity index (χ2v) is 9.47. The van der Waals surface area contributed by atoms with Crippen LogP contribution in [0, 0.1) is 0 Å². The standard InChI is InChI=1S/C28H27N3O4S/c1-4-30(5-2)14-15-31(28-29-23-12-11-19(34-3)16-25(23)36-28)26(32)22-17-21-20-9-7-6-8-18(20)10-13-24(21)35-27(22)33/h6-13,16-17H,4-5,14-15H2,1-3H3. The van der Waals surface area contributed by atoms with Crippen molar-refractivity contribution in [2.75, 3.05) is 38.2 Å². The Morgan fingerprint density at radius 1 is 1.00 bits per heavy atom. The first-order chi connectivity index (χ1) is 17.5. The lowest BCUT2D eigenvalue weighted by Gasteiger charge is -2.24. The lowest BCUT2D eigenvalue weighted by molar-refractivity contribution is 0.0980. The molecule has 0 saturated heterocycles. The number of rotatable bonds is 8. The summed E-state index contributed by atoms with van der Waals surface area (Å²) in [4.78, 5) is 35.5. The van der Waals surface area contributed by atoms with Gasteiger partial charge in [0.25, 0.3) is 5.91 Å². The number of ether oxygens (including phenoxy) is 1. The zero-order valence-electron chi connectivity index (χ0n) is 20.5. The number of likely N-dealkylation sites (N-methyl/N-ethyl adjacent to an activating group) is 1. The van der Waals surface area contributed by atoms with Crippen LogP contribution in [-0.2, 0) is 0 Å². The Kier molecular flexibility index (Phi) is 6.71. The van der Waals surface area contributed by atoms with Crippen LogP contribution >= 0.6 is 11.3 Å². The second kappa shape index (κ2) is 10.1. The molecule has 5 aromatic rings. The summed E-state index contributed by atoms with van der Waals surface area (Å²) in [6.07, 6.45) is 0. The average Bonchev–Trinajstić information content (AvgIpc) is 3.33. The number of fused-ring (bicyclic) bond motifs is 4. The molecule has 36 heavy (non-hydrogen) atoms. The van der Waals surface area contributed by atoms with Crippen LogP contribution in [0.3, 0.4) is 0 Å². The van der Waals surface area contributed by atoms with Gasteiger partial charge in [-0.1, -0.05) is 55.5 Å². The average molecular weight is 502 g/mol. The highest BCUT2D eigenvalue weighted by Crippen LogP contribution is 2.32. The van der Waals surface area contributed by atoms with E-state index in [0.717, 1.165) is 45.2 Å². The molecule has 5 rings (SSSR count). The zero-order valence-corrected chi connectivity index (χ0v) is 21.3. The first kappa shape index (κ1) is 24.0. The Morgan fingerprint density at radius 3 is 2.58 bits per heavy atom. The Balaban J connectivity index is 1.61. The zero-order chi connectivity index (χ0) is 25.2. The van der Waals surface area contributed by atoms with Gasteiger partial charge in [-0.05, 0) is 54.2 Å². The van der Waals surface area contributed by atoms with Gasteiger partial charge in [-0.15, -0.1) is 0 Å². The smallest absolute Gasteiger partial charge is 0.349 e. The Hall–Kier alpha value is -3.75. The highest BCUT2D eigenvalue weighted by Gasteiger charge is 2.25. The normalized spacial score (nSPS) is 11.6. The molecule has 3 aromatic carbocycles. The summed E-state index contributed by atoms with van der Waals surface area (Å²) in [7, 11) is 1.62. The summed E-state index contributed by atoms with van der Waals surface area (Å²) in [5, 5.41) is 3.20. The lowest BCUT2D eigenvalue weighted by Crippen LogP contribution is -2.40. The minimum atomic E-state index is -0.654. The molecule has 1 amide bonds. The number of hydrogen-bond acceptors (Lipinski definition) is 7. The summed E-state index contributed by atoms with van der Waals surface area (Å²) in [6, 6.07) is 18.8. The molecule has 8 heteroatoms. The molecular formula is C28H27N3O4S. The van der Waals surface area contributed by atoms with E-state index >= 15 is 0 Å². The fraction of sp³-hybridized carbons (Fsp3) is 0.250. The van der Waals surface area contributed by atoms with Gasteiger partial charge in [-0.2, -0.15) is 0 Å². The van der Waals surface area contributed by atoms with Crippen molar-refractivity contribution in [3.63, 3.8) is 0 Å². The third kappa shape index (κ3) is 4.45. The van der Waals surface area contributed by atoms with Gasteiger partial charge in [-0.3, -0.25) is 9.69 Å². The summed E-state index contributed by atoms with van der Waals surface area (Å²) >= 11 is 1.40. The molecule has 0 atom stereocenters. The van der Waals surface area contributed by atoms with E-state index in [9.17, 15) is 9.59 Å². The van der Waals surface area contributed by atoms with Crippen LogP contribution in [0.1, 0.15) is 24.2 Å². The number of methoxy groups -OCH3 is 1. The Morgan fingerprint density at radius 2 is 1.81 bits per heavy atom. The van der Waals surface area contributed by atoms with E-state index in [2.05, 4.69) is 18.7 Å². The first-order valence-electron chi connectivity index (χ1n) is 12.0. The van der Waals surface area contributed by atoms with Crippen molar-refractivity contribution in [3.8, 4) is 5.75 Å². The number of thiazole rings is 1. The van der Waals surface area contributed by atoms with Gasteiger partial charge >= 0.3 is 5.63 Å². The van der Waals surface area contributed by atoms with Crippen molar-refractivity contribution < 1.29 is 13.9 Å². The highest BCUT2D eigenvalue weighted by atomic mass is 32.1. The van der Waals surface area contributed by atoms with Crippen LogP contribution < -0.4 is 15.3 Å². The number of aromatic nitrogens is 1. The lowest BCUT2D eigenvalue weighted by atomic mass is 10.0. The predicted octanol–water partition coefficient (Wildman–Crippen LogP) is 5.55. The van der Waals surface area contributed by atoms with Crippen molar-refractivity contribution >= 4 is 54.3 Å². The SMILES string of the molecule is CCN(CC)CCN(C(=O)c1cc2c(ccc3ccccc32)oc1=O)c1nc2ccc(OC)cc2s1. The van der Waals surface area contributed by atoms with E-state index in [1.54, 1.807) is 24.1 Å². The maximum absolute atomic E-state index is 13.9. The molecule has 0 bridgehead atoms. The molecule has 2 aromatic heterocycles. The summed E-state index contributed by atoms with van der Waals surface area (Å²) < 4.78 is 11.9. The van der Waals surface area contributed by atoms with Gasteiger partial charge in [0.05, 0.1) is 17.3 Å². The number of nitrogens with zero attached hydrogens (tertiary/aromatic N) is 3. The van der Waals surface area contributed by atoms with Gasteiger partial charge in [-0.25, -0.2) is 9.78 Å². The maximum atomic E-state index is 13.9. The van der Waals surface area contributed by atoms with Crippen LogP contribution in [0.4, 0.5) is 5.13 Å². The summed E-state index contributed by atoms with van der Waals surface area (Å²) in [5.74, 6) is 0.303. The van der Waals surface area contributed by atoms with Crippen LogP contribution in [-0.4, -0.2) is 49.1 Å². The van der Waals surface area contributed by atoms with Crippen molar-refractivity contribution in [3.05, 3.63) is 76.6 Å². The molecule has 0 aliphatic heterocycles. The van der Waals surface area contributed by atoms with Crippen molar-refractivity contribution in [1.82, 2.24) is 9.88 Å². The van der Waals surface area contributed by atoms with E-state index < -0.39 is 11.5 Å². The Bertz CT molecular complexity index is 1620. The van der Waals surface area contributed by atoms with Gasteiger partial charge in [0.15, 0.2) is 5.13 Å². The fourth-order valence-corrected chi connectivity index (χ4v) is 5.38. The van der Waals surface area contributed by atoms with E-state index in [0.29, 0.717) is 23.8 Å². The maximum Gasteiger partial charge on any atom is 0.349 e. The van der Waals surface area contributed by atoms with Crippen LogP contribution in [0.15, 0.2) is 69.9 Å². The molecule has 0 aliphatic rings. The van der Waals surface area contributed by atoms with Crippen LogP contribution in [0.2, 0.25) is 0 Å².